The number of aromatic nitrogens is 1. The van der Waals surface area contributed by atoms with Gasteiger partial charge in [-0.1, -0.05) is 38.5 Å². The molecule has 0 amide bonds. The first kappa shape index (κ1) is 17.3. The molecule has 4 nitrogen and oxygen atoms in total. The molecule has 22 heavy (non-hydrogen) atoms. The highest BCUT2D eigenvalue weighted by Gasteiger charge is 2.13. The maximum absolute atomic E-state index is 4.38. The topological polar surface area (TPSA) is 49.3 Å². The van der Waals surface area contributed by atoms with E-state index in [-0.39, 0.29) is 0 Å². The molecule has 0 unspecified atom stereocenters. The molecule has 0 radical (unpaired) electrons. The van der Waals surface area contributed by atoms with Gasteiger partial charge in [0.2, 0.25) is 0 Å². The number of nitrogens with zero attached hydrogens (tertiary/aromatic N) is 2. The van der Waals surface area contributed by atoms with Crippen LogP contribution < -0.4 is 10.6 Å². The molecule has 1 aromatic rings. The van der Waals surface area contributed by atoms with Crippen LogP contribution in [0.25, 0.3) is 0 Å². The number of hydrogen-bond donors (Lipinski definition) is 2. The number of guanidine groups is 1. The fourth-order valence-corrected chi connectivity index (χ4v) is 3.88. The number of thiazole rings is 1. The van der Waals surface area contributed by atoms with Crippen molar-refractivity contribution < 1.29 is 0 Å². The number of nitrogens with one attached hydrogen (secondary N) is 2. The average molecular weight is 323 g/mol. The van der Waals surface area contributed by atoms with E-state index in [2.05, 4.69) is 27.5 Å². The summed E-state index contributed by atoms with van der Waals surface area (Å²) in [7, 11) is 1.83. The summed E-state index contributed by atoms with van der Waals surface area (Å²) in [6.45, 7) is 4.00. The third-order valence-electron chi connectivity index (χ3n) is 4.33. The summed E-state index contributed by atoms with van der Waals surface area (Å²) < 4.78 is 0. The zero-order valence-corrected chi connectivity index (χ0v) is 14.8. The first-order valence-electron chi connectivity index (χ1n) is 8.63. The van der Waals surface area contributed by atoms with Gasteiger partial charge in [0.1, 0.15) is 0 Å². The Morgan fingerprint density at radius 3 is 2.73 bits per heavy atom. The Morgan fingerprint density at radius 2 is 2.05 bits per heavy atom. The van der Waals surface area contributed by atoms with Crippen LogP contribution in [0.4, 0.5) is 0 Å². The van der Waals surface area contributed by atoms with E-state index in [1.54, 1.807) is 11.3 Å². The Hall–Kier alpha value is -1.10. The molecule has 0 spiro atoms. The predicted octanol–water partition coefficient (Wildman–Crippen LogP) is 3.52. The van der Waals surface area contributed by atoms with Crippen LogP contribution in [0.5, 0.6) is 0 Å². The van der Waals surface area contributed by atoms with Crippen molar-refractivity contribution in [3.63, 3.8) is 0 Å². The smallest absolute Gasteiger partial charge is 0.190 e. The van der Waals surface area contributed by atoms with Gasteiger partial charge in [0.15, 0.2) is 5.96 Å². The van der Waals surface area contributed by atoms with Gasteiger partial charge in [-0.05, 0) is 19.3 Å². The lowest BCUT2D eigenvalue weighted by Crippen LogP contribution is -2.38. The maximum atomic E-state index is 4.38. The van der Waals surface area contributed by atoms with Crippen molar-refractivity contribution in [3.8, 4) is 0 Å². The largest absolute Gasteiger partial charge is 0.356 e. The molecule has 0 bridgehead atoms. The van der Waals surface area contributed by atoms with E-state index in [0.29, 0.717) is 0 Å². The molecule has 1 aliphatic rings. The minimum Gasteiger partial charge on any atom is -0.356 e. The number of aryl methyl sites for hydroxylation is 1. The normalized spacial score (nSPS) is 16.2. The van der Waals surface area contributed by atoms with Crippen molar-refractivity contribution >= 4 is 17.3 Å². The molecule has 2 rings (SSSR count). The first-order valence-corrected chi connectivity index (χ1v) is 9.45. The van der Waals surface area contributed by atoms with E-state index in [4.69, 9.17) is 0 Å². The third-order valence-corrected chi connectivity index (χ3v) is 5.30. The number of unbranched alkanes of at least 4 members (excludes halogenated alkanes) is 1. The first-order chi connectivity index (χ1) is 10.8. The van der Waals surface area contributed by atoms with E-state index in [1.165, 1.54) is 54.8 Å². The summed E-state index contributed by atoms with van der Waals surface area (Å²) in [6, 6.07) is 0. The summed E-state index contributed by atoms with van der Waals surface area (Å²) in [5.41, 5.74) is 0. The molecule has 1 fully saturated rings. The van der Waals surface area contributed by atoms with Crippen molar-refractivity contribution in [2.75, 3.05) is 20.1 Å². The van der Waals surface area contributed by atoms with Gasteiger partial charge in [0.25, 0.3) is 0 Å². The number of aliphatic imine (C=N–C) groups is 1. The lowest BCUT2D eigenvalue weighted by Gasteiger charge is -2.12. The summed E-state index contributed by atoms with van der Waals surface area (Å²) >= 11 is 1.77. The van der Waals surface area contributed by atoms with Gasteiger partial charge >= 0.3 is 0 Å². The van der Waals surface area contributed by atoms with Crippen LogP contribution in [0.2, 0.25) is 0 Å². The van der Waals surface area contributed by atoms with Crippen LogP contribution in [0.1, 0.15) is 54.8 Å². The van der Waals surface area contributed by atoms with Crippen LogP contribution in [0.3, 0.4) is 0 Å². The number of hydrogen-bond acceptors (Lipinski definition) is 3. The highest BCUT2D eigenvalue weighted by Crippen LogP contribution is 2.28. The second kappa shape index (κ2) is 9.82. The molecular formula is C17H30N4S. The van der Waals surface area contributed by atoms with Crippen LogP contribution in [0.15, 0.2) is 11.2 Å². The van der Waals surface area contributed by atoms with Gasteiger partial charge in [-0.15, -0.1) is 11.3 Å². The fourth-order valence-electron chi connectivity index (χ4n) is 3.09. The minimum atomic E-state index is 0.884. The highest BCUT2D eigenvalue weighted by molar-refractivity contribution is 7.11. The zero-order chi connectivity index (χ0) is 15.6. The van der Waals surface area contributed by atoms with Gasteiger partial charge in [-0.3, -0.25) is 4.99 Å². The Kier molecular flexibility index (Phi) is 7.71. The van der Waals surface area contributed by atoms with Crippen molar-refractivity contribution in [2.24, 2.45) is 10.9 Å². The van der Waals surface area contributed by atoms with Gasteiger partial charge < -0.3 is 10.6 Å². The molecule has 0 saturated heterocycles. The third kappa shape index (κ3) is 6.34. The van der Waals surface area contributed by atoms with Crippen LogP contribution in [-0.4, -0.2) is 31.1 Å². The standard InChI is InChI=1S/C17H30N4S/c1-14-13-21-16(22-14)10-12-20-17(18-2)19-11-6-5-9-15-7-3-4-8-15/h13,15H,3-12H2,1-2H3,(H2,18,19,20). The Labute approximate surface area is 138 Å². The second-order valence-electron chi connectivity index (χ2n) is 6.19. The summed E-state index contributed by atoms with van der Waals surface area (Å²) in [5.74, 6) is 1.92. The fraction of sp³-hybridized carbons (Fsp3) is 0.765. The zero-order valence-electron chi connectivity index (χ0n) is 14.0. The van der Waals surface area contributed by atoms with E-state index < -0.39 is 0 Å². The van der Waals surface area contributed by atoms with Crippen LogP contribution in [-0.2, 0) is 6.42 Å². The molecule has 1 aliphatic carbocycles. The molecule has 0 atom stereocenters. The van der Waals surface area contributed by atoms with E-state index >= 15 is 0 Å². The second-order valence-corrected chi connectivity index (χ2v) is 7.51. The molecule has 5 heteroatoms. The molecule has 2 N–H and O–H groups in total. The van der Waals surface area contributed by atoms with Crippen molar-refractivity contribution in [3.05, 3.63) is 16.1 Å². The molecule has 0 aromatic carbocycles. The molecular weight excluding hydrogens is 292 g/mol. The van der Waals surface area contributed by atoms with E-state index in [0.717, 1.165) is 31.4 Å². The van der Waals surface area contributed by atoms with E-state index in [9.17, 15) is 0 Å². The molecule has 1 aromatic heterocycles. The Morgan fingerprint density at radius 1 is 1.27 bits per heavy atom. The SMILES string of the molecule is CN=C(NCCCCC1CCCC1)NCCc1ncc(C)s1. The average Bonchev–Trinajstić information content (AvgIpc) is 3.17. The molecule has 0 aliphatic heterocycles. The summed E-state index contributed by atoms with van der Waals surface area (Å²) in [6.07, 6.45) is 12.7. The van der Waals surface area contributed by atoms with Gasteiger partial charge in [0.05, 0.1) is 5.01 Å². The summed E-state index contributed by atoms with van der Waals surface area (Å²) in [5, 5.41) is 7.96. The van der Waals surface area contributed by atoms with E-state index in [1.807, 2.05) is 13.2 Å². The summed E-state index contributed by atoms with van der Waals surface area (Å²) in [4.78, 5) is 9.94. The van der Waals surface area contributed by atoms with Crippen LogP contribution >= 0.6 is 11.3 Å². The Bertz CT molecular complexity index is 449. The van der Waals surface area contributed by atoms with Crippen LogP contribution in [0, 0.1) is 12.8 Å². The van der Waals surface area contributed by atoms with Crippen molar-refractivity contribution in [1.82, 2.24) is 15.6 Å². The number of rotatable bonds is 8. The predicted molar refractivity (Wildman–Crippen MR) is 95.7 cm³/mol. The van der Waals surface area contributed by atoms with Gasteiger partial charge in [0, 0.05) is 37.6 Å². The Balaban J connectivity index is 1.51. The van der Waals surface area contributed by atoms with Gasteiger partial charge in [-0.25, -0.2) is 4.98 Å². The maximum Gasteiger partial charge on any atom is 0.190 e. The van der Waals surface area contributed by atoms with Crippen molar-refractivity contribution in [2.45, 2.75) is 58.3 Å². The minimum absolute atomic E-state index is 0.884. The van der Waals surface area contributed by atoms with Crippen molar-refractivity contribution in [1.29, 1.82) is 0 Å². The monoisotopic (exact) mass is 322 g/mol. The molecule has 124 valence electrons. The quantitative estimate of drug-likeness (QED) is 0.437. The lowest BCUT2D eigenvalue weighted by atomic mass is 10.0. The highest BCUT2D eigenvalue weighted by atomic mass is 32.1. The molecule has 1 saturated carbocycles. The molecule has 1 heterocycles. The lowest BCUT2D eigenvalue weighted by molar-refractivity contribution is 0.472. The van der Waals surface area contributed by atoms with Gasteiger partial charge in [-0.2, -0.15) is 0 Å².